The smallest absolute Gasteiger partial charge is 0.236 e. The van der Waals surface area contributed by atoms with Gasteiger partial charge in [0.15, 0.2) is 11.0 Å². The van der Waals surface area contributed by atoms with Crippen molar-refractivity contribution in [3.05, 3.63) is 40.2 Å². The molecule has 10 heteroatoms. The lowest BCUT2D eigenvalue weighted by Crippen LogP contribution is -2.14. The summed E-state index contributed by atoms with van der Waals surface area (Å²) in [5.41, 5.74) is 2.17. The molecule has 3 rings (SSSR count). The van der Waals surface area contributed by atoms with E-state index in [2.05, 4.69) is 25.7 Å². The van der Waals surface area contributed by atoms with Gasteiger partial charge in [-0.05, 0) is 38.3 Å². The highest BCUT2D eigenvalue weighted by molar-refractivity contribution is 7.99. The van der Waals surface area contributed by atoms with Gasteiger partial charge in [-0.2, -0.15) is 0 Å². The summed E-state index contributed by atoms with van der Waals surface area (Å²) in [5, 5.41) is 21.3. The number of carbonyl (C=O) groups is 1. The molecule has 2 aromatic heterocycles. The predicted octanol–water partition coefficient (Wildman–Crippen LogP) is 3.64. The number of carbonyl (C=O) groups excluding carboxylic acids is 1. The second-order valence-corrected chi connectivity index (χ2v) is 8.35. The van der Waals surface area contributed by atoms with Gasteiger partial charge in [-0.3, -0.25) is 10.1 Å². The molecule has 0 aliphatic heterocycles. The maximum atomic E-state index is 12.2. The van der Waals surface area contributed by atoms with Gasteiger partial charge >= 0.3 is 0 Å². The number of ether oxygens (including phenoxy) is 1. The lowest BCUT2D eigenvalue weighted by Gasteiger charge is -2.12. The van der Waals surface area contributed by atoms with Crippen molar-refractivity contribution in [2.45, 2.75) is 52.4 Å². The summed E-state index contributed by atoms with van der Waals surface area (Å²) in [5.74, 6) is 1.68. The van der Waals surface area contributed by atoms with Crippen molar-refractivity contribution >= 4 is 34.1 Å². The number of nitrogens with one attached hydrogen (secondary N) is 1. The summed E-state index contributed by atoms with van der Waals surface area (Å²) in [6.45, 7) is 9.08. The molecule has 0 saturated heterocycles. The molecule has 154 valence electrons. The van der Waals surface area contributed by atoms with E-state index in [1.54, 1.807) is 0 Å². The highest BCUT2D eigenvalue weighted by atomic mass is 32.2. The summed E-state index contributed by atoms with van der Waals surface area (Å²) in [6, 6.07) is 6.05. The first-order chi connectivity index (χ1) is 14.0. The molecule has 0 atom stereocenters. The summed E-state index contributed by atoms with van der Waals surface area (Å²) >= 11 is 2.73. The number of amides is 1. The monoisotopic (exact) mass is 432 g/mol. The van der Waals surface area contributed by atoms with E-state index in [-0.39, 0.29) is 11.7 Å². The minimum absolute atomic E-state index is 0.146. The van der Waals surface area contributed by atoms with Crippen LogP contribution in [0.15, 0.2) is 23.4 Å². The average Bonchev–Trinajstić information content (AvgIpc) is 3.32. The second-order valence-electron chi connectivity index (χ2n) is 6.34. The topological polar surface area (TPSA) is 94.8 Å². The number of anilines is 1. The number of para-hydroxylation sites is 1. The first kappa shape index (κ1) is 21.3. The molecular formula is C19H24N6O2S2. The van der Waals surface area contributed by atoms with Crippen molar-refractivity contribution in [3.8, 4) is 5.75 Å². The molecule has 3 aromatic rings. The summed E-state index contributed by atoms with van der Waals surface area (Å²) in [7, 11) is 0. The molecule has 29 heavy (non-hydrogen) atoms. The zero-order valence-corrected chi connectivity index (χ0v) is 18.6. The number of hydrogen-bond donors (Lipinski definition) is 1. The van der Waals surface area contributed by atoms with Crippen molar-refractivity contribution in [2.24, 2.45) is 0 Å². The van der Waals surface area contributed by atoms with E-state index in [1.807, 2.05) is 50.5 Å². The van der Waals surface area contributed by atoms with E-state index in [9.17, 15) is 4.79 Å². The van der Waals surface area contributed by atoms with Gasteiger partial charge in [0.2, 0.25) is 11.0 Å². The molecule has 1 amide bonds. The third-order valence-corrected chi connectivity index (χ3v) is 6.16. The molecule has 0 bridgehead atoms. The molecule has 1 N–H and O–H groups in total. The van der Waals surface area contributed by atoms with Crippen LogP contribution in [0.4, 0.5) is 5.13 Å². The summed E-state index contributed by atoms with van der Waals surface area (Å²) in [4.78, 5) is 12.2. The lowest BCUT2D eigenvalue weighted by atomic mass is 10.1. The quantitative estimate of drug-likeness (QED) is 0.516. The Morgan fingerprint density at radius 2 is 1.93 bits per heavy atom. The molecular weight excluding hydrogens is 408 g/mol. The van der Waals surface area contributed by atoms with Gasteiger partial charge in [0.05, 0.1) is 5.75 Å². The lowest BCUT2D eigenvalue weighted by molar-refractivity contribution is -0.113. The molecule has 1 aromatic carbocycles. The predicted molar refractivity (Wildman–Crippen MR) is 115 cm³/mol. The second kappa shape index (κ2) is 9.84. The minimum atomic E-state index is -0.146. The average molecular weight is 433 g/mol. The largest absolute Gasteiger partial charge is 0.485 e. The molecule has 0 unspecified atom stereocenters. The molecule has 0 aliphatic carbocycles. The first-order valence-corrected chi connectivity index (χ1v) is 11.2. The Hall–Kier alpha value is -2.46. The summed E-state index contributed by atoms with van der Waals surface area (Å²) < 4.78 is 7.97. The Morgan fingerprint density at radius 3 is 2.59 bits per heavy atom. The fourth-order valence-corrected chi connectivity index (χ4v) is 4.26. The fraction of sp³-hybridized carbons (Fsp3) is 0.421. The van der Waals surface area contributed by atoms with Crippen molar-refractivity contribution < 1.29 is 9.53 Å². The van der Waals surface area contributed by atoms with E-state index in [0.29, 0.717) is 23.4 Å². The van der Waals surface area contributed by atoms with Crippen molar-refractivity contribution in [1.29, 1.82) is 0 Å². The van der Waals surface area contributed by atoms with Crippen LogP contribution in [-0.4, -0.2) is 36.6 Å². The number of hydrogen-bond acceptors (Lipinski definition) is 8. The molecule has 0 radical (unpaired) electrons. The number of nitrogens with zero attached hydrogens (tertiary/aromatic N) is 5. The number of aromatic nitrogens is 5. The maximum Gasteiger partial charge on any atom is 0.236 e. The van der Waals surface area contributed by atoms with Crippen LogP contribution in [0.5, 0.6) is 5.75 Å². The van der Waals surface area contributed by atoms with Gasteiger partial charge in [-0.1, -0.05) is 48.2 Å². The van der Waals surface area contributed by atoms with Crippen molar-refractivity contribution in [3.63, 3.8) is 0 Å². The fourth-order valence-electron chi connectivity index (χ4n) is 2.75. The molecule has 0 spiro atoms. The highest BCUT2D eigenvalue weighted by Crippen LogP contribution is 2.24. The van der Waals surface area contributed by atoms with Gasteiger partial charge < -0.3 is 9.30 Å². The Kier molecular flexibility index (Phi) is 7.21. The Morgan fingerprint density at radius 1 is 1.17 bits per heavy atom. The number of rotatable bonds is 9. The van der Waals surface area contributed by atoms with E-state index >= 15 is 0 Å². The Labute approximate surface area is 178 Å². The van der Waals surface area contributed by atoms with Crippen LogP contribution in [0.3, 0.4) is 0 Å². The van der Waals surface area contributed by atoms with E-state index < -0.39 is 0 Å². The number of aryl methyl sites for hydroxylation is 3. The number of benzene rings is 1. The number of thioether (sulfide) groups is 1. The zero-order chi connectivity index (χ0) is 20.8. The third-order valence-electron chi connectivity index (χ3n) is 4.21. The van der Waals surface area contributed by atoms with Crippen LogP contribution in [0.1, 0.15) is 35.8 Å². The molecule has 8 nitrogen and oxygen atoms in total. The van der Waals surface area contributed by atoms with E-state index in [1.165, 1.54) is 23.1 Å². The Bertz CT molecular complexity index is 965. The van der Waals surface area contributed by atoms with Crippen LogP contribution in [0.25, 0.3) is 0 Å². The molecule has 0 aliphatic rings. The minimum Gasteiger partial charge on any atom is -0.485 e. The van der Waals surface area contributed by atoms with Crippen LogP contribution in [0.2, 0.25) is 0 Å². The Balaban J connectivity index is 1.59. The van der Waals surface area contributed by atoms with Crippen molar-refractivity contribution in [2.75, 3.05) is 11.1 Å². The van der Waals surface area contributed by atoms with Gasteiger partial charge in [-0.25, -0.2) is 0 Å². The van der Waals surface area contributed by atoms with E-state index in [4.69, 9.17) is 4.74 Å². The summed E-state index contributed by atoms with van der Waals surface area (Å²) in [6.07, 6.45) is 0.800. The van der Waals surface area contributed by atoms with Crippen LogP contribution in [0, 0.1) is 13.8 Å². The van der Waals surface area contributed by atoms with Crippen molar-refractivity contribution in [1.82, 2.24) is 25.0 Å². The first-order valence-electron chi connectivity index (χ1n) is 9.37. The van der Waals surface area contributed by atoms with Gasteiger partial charge in [0, 0.05) is 6.54 Å². The molecule has 2 heterocycles. The standard InChI is InChI=1S/C19H24N6O2S2/c1-5-16-22-23-18(29-16)20-15(26)11-28-19-24-21-14(25(19)6-2)10-27-17-12(3)8-7-9-13(17)4/h7-9H,5-6,10-11H2,1-4H3,(H,20,23,26). The maximum absolute atomic E-state index is 12.2. The SMILES string of the molecule is CCc1nnc(NC(=O)CSc2nnc(COc3c(C)cccc3C)n2CC)s1. The van der Waals surface area contributed by atoms with Crippen LogP contribution < -0.4 is 10.1 Å². The molecule has 0 fully saturated rings. The van der Waals surface area contributed by atoms with Gasteiger partial charge in [0.1, 0.15) is 17.4 Å². The normalized spacial score (nSPS) is 10.9. The van der Waals surface area contributed by atoms with Crippen LogP contribution >= 0.6 is 23.1 Å². The van der Waals surface area contributed by atoms with Gasteiger partial charge in [0.25, 0.3) is 0 Å². The third kappa shape index (κ3) is 5.33. The van der Waals surface area contributed by atoms with Crippen LogP contribution in [-0.2, 0) is 24.4 Å². The highest BCUT2D eigenvalue weighted by Gasteiger charge is 2.15. The molecule has 0 saturated carbocycles. The zero-order valence-electron chi connectivity index (χ0n) is 16.9. The van der Waals surface area contributed by atoms with Gasteiger partial charge in [-0.15, -0.1) is 20.4 Å². The van der Waals surface area contributed by atoms with E-state index in [0.717, 1.165) is 34.1 Å².